The van der Waals surface area contributed by atoms with Crippen LogP contribution in [0.15, 0.2) is 47.8 Å². The summed E-state index contributed by atoms with van der Waals surface area (Å²) < 4.78 is 81.1. The van der Waals surface area contributed by atoms with Gasteiger partial charge in [-0.25, -0.2) is 4.98 Å². The van der Waals surface area contributed by atoms with Gasteiger partial charge in [0, 0.05) is 16.5 Å². The van der Waals surface area contributed by atoms with Crippen LogP contribution in [-0.4, -0.2) is 16.0 Å². The lowest BCUT2D eigenvalue weighted by molar-refractivity contribution is -0.142. The number of carbonyl (C=O) groups is 1. The zero-order chi connectivity index (χ0) is 23.0. The molecular weight excluding hydrogens is 470 g/mol. The van der Waals surface area contributed by atoms with Crippen molar-refractivity contribution in [3.63, 3.8) is 0 Å². The van der Waals surface area contributed by atoms with Crippen LogP contribution in [0, 0.1) is 0 Å². The van der Waals surface area contributed by atoms with Gasteiger partial charge >= 0.3 is 12.4 Å². The number of rotatable bonds is 4. The minimum absolute atomic E-state index is 0.0235. The third kappa shape index (κ3) is 5.17. The molecule has 1 unspecified atom stereocenters. The van der Waals surface area contributed by atoms with Gasteiger partial charge < -0.3 is 10.4 Å². The smallest absolute Gasteiger partial charge is 0.372 e. The maximum Gasteiger partial charge on any atom is 0.417 e. The van der Waals surface area contributed by atoms with Crippen molar-refractivity contribution in [2.75, 3.05) is 5.32 Å². The molecule has 3 aromatic rings. The van der Waals surface area contributed by atoms with Crippen LogP contribution in [0.2, 0.25) is 0 Å². The second kappa shape index (κ2) is 8.48. The Morgan fingerprint density at radius 3 is 2.23 bits per heavy atom. The van der Waals surface area contributed by atoms with Crippen LogP contribution in [0.25, 0.3) is 10.6 Å². The number of benzene rings is 2. The van der Waals surface area contributed by atoms with Crippen molar-refractivity contribution in [1.82, 2.24) is 4.98 Å². The Balaban J connectivity index is 2.25. The number of nitrogens with one attached hydrogen (secondary N) is 1. The number of aromatic nitrogens is 1. The molecule has 1 aromatic heterocycles. The molecule has 31 heavy (non-hydrogen) atoms. The average molecular weight is 481 g/mol. The number of thiazole rings is 1. The number of carbonyl (C=O) groups excluding carboxylic acids is 1. The highest BCUT2D eigenvalue weighted by atomic mass is 35.5. The maximum absolute atomic E-state index is 13.7. The van der Waals surface area contributed by atoms with Crippen LogP contribution >= 0.6 is 22.9 Å². The van der Waals surface area contributed by atoms with E-state index >= 15 is 0 Å². The van der Waals surface area contributed by atoms with Gasteiger partial charge in [0.15, 0.2) is 5.56 Å². The van der Waals surface area contributed by atoms with E-state index < -0.39 is 46.2 Å². The van der Waals surface area contributed by atoms with E-state index in [9.17, 15) is 36.2 Å². The molecule has 0 aliphatic heterocycles. The molecule has 2 aromatic carbocycles. The molecule has 164 valence electrons. The predicted molar refractivity (Wildman–Crippen MR) is 103 cm³/mol. The predicted octanol–water partition coefficient (Wildman–Crippen LogP) is 6.33. The fourth-order valence-corrected chi connectivity index (χ4v) is 3.75. The third-order valence-electron chi connectivity index (χ3n) is 4.04. The van der Waals surface area contributed by atoms with Gasteiger partial charge in [-0.05, 0) is 24.3 Å². The summed E-state index contributed by atoms with van der Waals surface area (Å²) >= 11 is 6.11. The monoisotopic (exact) mass is 480 g/mol. The highest BCUT2D eigenvalue weighted by Gasteiger charge is 2.41. The van der Waals surface area contributed by atoms with Crippen LogP contribution in [0.4, 0.5) is 32.0 Å². The molecule has 0 radical (unpaired) electrons. The highest BCUT2D eigenvalue weighted by molar-refractivity contribution is 7.13. The first-order chi connectivity index (χ1) is 14.4. The molecule has 4 nitrogen and oxygen atoms in total. The number of alkyl halides is 7. The van der Waals surface area contributed by atoms with Gasteiger partial charge in [-0.2, -0.15) is 26.3 Å². The fraction of sp³-hybridized carbons (Fsp3) is 0.158. The number of hydrogen-bond acceptors (Lipinski definition) is 4. The number of nitrogens with zero attached hydrogens (tertiary/aromatic N) is 1. The molecule has 1 atom stereocenters. The second-order valence-corrected chi connectivity index (χ2v) is 7.45. The minimum Gasteiger partial charge on any atom is -0.372 e. The number of aliphatic hydroxyl groups is 1. The van der Waals surface area contributed by atoms with Gasteiger partial charge in [0.2, 0.25) is 0 Å². The van der Waals surface area contributed by atoms with Crippen molar-refractivity contribution in [2.45, 2.75) is 17.9 Å². The summed E-state index contributed by atoms with van der Waals surface area (Å²) in [5, 5.41) is 12.3. The molecule has 3 rings (SSSR count). The number of hydrogen-bond donors (Lipinski definition) is 2. The van der Waals surface area contributed by atoms with E-state index in [1.165, 1.54) is 24.3 Å². The molecule has 0 aliphatic rings. The minimum atomic E-state index is -5.20. The molecule has 0 bridgehead atoms. The molecular formula is C19H11ClF6N2O2S. The zero-order valence-electron chi connectivity index (χ0n) is 15.1. The van der Waals surface area contributed by atoms with Gasteiger partial charge in [-0.1, -0.05) is 29.8 Å². The first-order valence-electron chi connectivity index (χ1n) is 8.34. The lowest BCUT2D eigenvalue weighted by atomic mass is 10.00. The van der Waals surface area contributed by atoms with E-state index in [1.807, 2.05) is 0 Å². The zero-order valence-corrected chi connectivity index (χ0v) is 16.6. The largest absolute Gasteiger partial charge is 0.417 e. The first-order valence-corrected chi connectivity index (χ1v) is 9.66. The van der Waals surface area contributed by atoms with Crippen LogP contribution in [-0.2, 0) is 12.4 Å². The lowest BCUT2D eigenvalue weighted by Gasteiger charge is -2.19. The van der Waals surface area contributed by atoms with Gasteiger partial charge in [-0.3, -0.25) is 4.79 Å². The molecule has 12 heteroatoms. The number of anilines is 1. The Morgan fingerprint density at radius 1 is 1.06 bits per heavy atom. The van der Waals surface area contributed by atoms with Crippen molar-refractivity contribution >= 4 is 34.5 Å². The van der Waals surface area contributed by atoms with Crippen LogP contribution in [0.5, 0.6) is 0 Å². The molecule has 0 saturated carbocycles. The summed E-state index contributed by atoms with van der Waals surface area (Å²) in [6, 6.07) is 7.60. The molecule has 0 aliphatic carbocycles. The summed E-state index contributed by atoms with van der Waals surface area (Å²) in [5.74, 6) is -0.913. The van der Waals surface area contributed by atoms with Crippen molar-refractivity contribution < 1.29 is 36.2 Å². The average Bonchev–Trinajstić information content (AvgIpc) is 3.17. The van der Waals surface area contributed by atoms with Crippen LogP contribution < -0.4 is 5.32 Å². The summed E-state index contributed by atoms with van der Waals surface area (Å²) in [7, 11) is 0. The topological polar surface area (TPSA) is 62.2 Å². The quantitative estimate of drug-likeness (QED) is 0.339. The Morgan fingerprint density at radius 2 is 1.71 bits per heavy atom. The van der Waals surface area contributed by atoms with Gasteiger partial charge in [0.25, 0.3) is 5.91 Å². The first kappa shape index (κ1) is 23.0. The third-order valence-corrected chi connectivity index (χ3v) is 5.14. The van der Waals surface area contributed by atoms with Crippen molar-refractivity contribution in [3.05, 3.63) is 70.2 Å². The van der Waals surface area contributed by atoms with E-state index in [4.69, 9.17) is 11.6 Å². The number of amides is 1. The summed E-state index contributed by atoms with van der Waals surface area (Å²) in [6.45, 7) is 0. The molecule has 1 heterocycles. The van der Waals surface area contributed by atoms with E-state index in [1.54, 1.807) is 6.07 Å². The number of aliphatic hydroxyl groups excluding tert-OH is 1. The Hall–Kier alpha value is -2.63. The molecule has 0 fully saturated rings. The van der Waals surface area contributed by atoms with E-state index in [0.29, 0.717) is 17.4 Å². The standard InChI is InChI=1S/C19H11ClF6N2O2S/c20-15(29)13-8-31-17(28-13)14-11(19(24,25)26)6-10(18(21,22)23)7-12(14)27-16(30)9-4-2-1-3-5-9/h1-8,15,29H,(H,27,30). The summed E-state index contributed by atoms with van der Waals surface area (Å²) in [4.78, 5) is 16.3. The van der Waals surface area contributed by atoms with Crippen LogP contribution in [0.1, 0.15) is 32.7 Å². The van der Waals surface area contributed by atoms with Crippen molar-refractivity contribution in [3.8, 4) is 10.6 Å². The van der Waals surface area contributed by atoms with Gasteiger partial charge in [0.1, 0.15) is 5.01 Å². The Bertz CT molecular complexity index is 1100. The van der Waals surface area contributed by atoms with Crippen molar-refractivity contribution in [1.29, 1.82) is 0 Å². The fourth-order valence-electron chi connectivity index (χ4n) is 2.65. The van der Waals surface area contributed by atoms with Crippen LogP contribution in [0.3, 0.4) is 0 Å². The molecule has 2 N–H and O–H groups in total. The molecule has 1 amide bonds. The van der Waals surface area contributed by atoms with E-state index in [2.05, 4.69) is 10.3 Å². The molecule has 0 saturated heterocycles. The van der Waals surface area contributed by atoms with Gasteiger partial charge in [0.05, 0.1) is 22.5 Å². The molecule has 0 spiro atoms. The second-order valence-electron chi connectivity index (χ2n) is 6.18. The van der Waals surface area contributed by atoms with Gasteiger partial charge in [-0.15, -0.1) is 11.3 Å². The van der Waals surface area contributed by atoms with E-state index in [-0.39, 0.29) is 22.3 Å². The Kier molecular flexibility index (Phi) is 6.30. The SMILES string of the molecule is O=C(Nc1cc(C(F)(F)F)cc(C(F)(F)F)c1-c1nc(C(O)Cl)cs1)c1ccccc1. The maximum atomic E-state index is 13.7. The normalized spacial score (nSPS) is 13.2. The lowest BCUT2D eigenvalue weighted by Crippen LogP contribution is -2.18. The number of halogens is 7. The Labute approximate surface area is 180 Å². The highest BCUT2D eigenvalue weighted by Crippen LogP contribution is 2.46. The van der Waals surface area contributed by atoms with E-state index in [0.717, 1.165) is 5.38 Å². The summed E-state index contributed by atoms with van der Waals surface area (Å²) in [5.41, 5.74) is -6.53. The summed E-state index contributed by atoms with van der Waals surface area (Å²) in [6.07, 6.45) is -10.3. The van der Waals surface area contributed by atoms with Crippen molar-refractivity contribution in [2.24, 2.45) is 0 Å².